The first-order valence-corrected chi connectivity index (χ1v) is 7.80. The Balaban J connectivity index is 2.34. The van der Waals surface area contributed by atoms with Crippen molar-refractivity contribution in [1.82, 2.24) is 15.2 Å². The number of hydrogen-bond acceptors (Lipinski definition) is 3. The lowest BCUT2D eigenvalue weighted by atomic mass is 10.1. The van der Waals surface area contributed by atoms with Crippen LogP contribution in [0.3, 0.4) is 0 Å². The summed E-state index contributed by atoms with van der Waals surface area (Å²) in [6.07, 6.45) is 3.24. The molecule has 3 heteroatoms. The van der Waals surface area contributed by atoms with Crippen molar-refractivity contribution in [3.8, 4) is 0 Å². The quantitative estimate of drug-likeness (QED) is 0.750. The minimum atomic E-state index is 0.692. The van der Waals surface area contributed by atoms with Crippen LogP contribution in [0.2, 0.25) is 0 Å². The van der Waals surface area contributed by atoms with E-state index in [4.69, 9.17) is 0 Å². The molecule has 1 aromatic heterocycles. The first-order valence-electron chi connectivity index (χ1n) is 7.80. The third-order valence-corrected chi connectivity index (χ3v) is 3.29. The maximum atomic E-state index is 4.56. The lowest BCUT2D eigenvalue weighted by Crippen LogP contribution is -2.21. The first kappa shape index (κ1) is 17.1. The van der Waals surface area contributed by atoms with Gasteiger partial charge in [0, 0.05) is 19.3 Å². The van der Waals surface area contributed by atoms with Crippen LogP contribution in [0.4, 0.5) is 0 Å². The average molecular weight is 277 g/mol. The predicted molar refractivity (Wildman–Crippen MR) is 86.6 cm³/mol. The van der Waals surface area contributed by atoms with Gasteiger partial charge < -0.3 is 10.2 Å². The van der Waals surface area contributed by atoms with E-state index in [0.717, 1.165) is 37.8 Å². The van der Waals surface area contributed by atoms with Crippen molar-refractivity contribution in [2.45, 2.75) is 47.2 Å². The lowest BCUT2D eigenvalue weighted by molar-refractivity contribution is 0.300. The minimum absolute atomic E-state index is 0.692. The topological polar surface area (TPSA) is 28.2 Å². The van der Waals surface area contributed by atoms with Gasteiger partial charge in [0.2, 0.25) is 0 Å². The normalized spacial score (nSPS) is 11.8. The van der Waals surface area contributed by atoms with Crippen LogP contribution < -0.4 is 5.32 Å². The fraction of sp³-hybridized carbons (Fsp3) is 0.706. The highest BCUT2D eigenvalue weighted by Gasteiger charge is 2.03. The van der Waals surface area contributed by atoms with Crippen LogP contribution in [-0.2, 0) is 13.1 Å². The molecule has 20 heavy (non-hydrogen) atoms. The number of rotatable bonds is 9. The molecule has 0 amide bonds. The second-order valence-corrected chi connectivity index (χ2v) is 6.60. The molecule has 0 aliphatic carbocycles. The molecule has 0 radical (unpaired) electrons. The van der Waals surface area contributed by atoms with Crippen LogP contribution in [0.15, 0.2) is 18.3 Å². The summed E-state index contributed by atoms with van der Waals surface area (Å²) in [6.45, 7) is 13.0. The minimum Gasteiger partial charge on any atom is -0.312 e. The summed E-state index contributed by atoms with van der Waals surface area (Å²) in [4.78, 5) is 6.91. The van der Waals surface area contributed by atoms with E-state index in [-0.39, 0.29) is 0 Å². The summed E-state index contributed by atoms with van der Waals surface area (Å²) in [5.41, 5.74) is 2.42. The van der Waals surface area contributed by atoms with E-state index in [1.807, 2.05) is 6.20 Å². The van der Waals surface area contributed by atoms with Crippen LogP contribution in [0.1, 0.15) is 45.4 Å². The van der Waals surface area contributed by atoms with Gasteiger partial charge in [0.1, 0.15) is 0 Å². The van der Waals surface area contributed by atoms with Crippen molar-refractivity contribution in [3.05, 3.63) is 29.6 Å². The fourth-order valence-corrected chi connectivity index (χ4v) is 1.99. The number of aromatic nitrogens is 1. The molecule has 0 aliphatic rings. The lowest BCUT2D eigenvalue weighted by Gasteiger charge is -2.17. The van der Waals surface area contributed by atoms with E-state index in [1.165, 1.54) is 12.0 Å². The van der Waals surface area contributed by atoms with E-state index in [0.29, 0.717) is 5.92 Å². The highest BCUT2D eigenvalue weighted by atomic mass is 15.1. The zero-order valence-corrected chi connectivity index (χ0v) is 13.8. The summed E-state index contributed by atoms with van der Waals surface area (Å²) >= 11 is 0. The highest BCUT2D eigenvalue weighted by Crippen LogP contribution is 2.06. The average Bonchev–Trinajstić information content (AvgIpc) is 2.38. The molecule has 1 aromatic rings. The monoisotopic (exact) mass is 277 g/mol. The Labute approximate surface area is 124 Å². The Morgan fingerprint density at radius 1 is 1.15 bits per heavy atom. The van der Waals surface area contributed by atoms with E-state index < -0.39 is 0 Å². The highest BCUT2D eigenvalue weighted by molar-refractivity contribution is 5.13. The molecule has 0 saturated heterocycles. The molecule has 1 rings (SSSR count). The van der Waals surface area contributed by atoms with E-state index in [1.54, 1.807) is 0 Å². The molecule has 0 spiro atoms. The molecule has 0 atom stereocenters. The van der Waals surface area contributed by atoms with Gasteiger partial charge in [-0.2, -0.15) is 0 Å². The van der Waals surface area contributed by atoms with Crippen molar-refractivity contribution >= 4 is 0 Å². The number of pyridine rings is 1. The third kappa shape index (κ3) is 7.61. The van der Waals surface area contributed by atoms with Gasteiger partial charge in [-0.25, -0.2) is 0 Å². The van der Waals surface area contributed by atoms with E-state index in [2.05, 4.69) is 62.1 Å². The Morgan fingerprint density at radius 3 is 2.45 bits per heavy atom. The van der Waals surface area contributed by atoms with Gasteiger partial charge in [-0.05, 0) is 50.0 Å². The van der Waals surface area contributed by atoms with Crippen LogP contribution in [-0.4, -0.2) is 30.0 Å². The van der Waals surface area contributed by atoms with Gasteiger partial charge in [0.25, 0.3) is 0 Å². The maximum absolute atomic E-state index is 4.56. The second kappa shape index (κ2) is 9.09. The Kier molecular flexibility index (Phi) is 7.78. The SMILES string of the molecule is CC(C)CCN(C)Cc1ccc(CNCC(C)C)cn1. The Hall–Kier alpha value is -0.930. The van der Waals surface area contributed by atoms with Crippen LogP contribution >= 0.6 is 0 Å². The van der Waals surface area contributed by atoms with Crippen molar-refractivity contribution in [2.75, 3.05) is 20.1 Å². The standard InChI is InChI=1S/C17H31N3/c1-14(2)8-9-20(5)13-17-7-6-16(12-19-17)11-18-10-15(3)4/h6-7,12,14-15,18H,8-11,13H2,1-5H3. The Morgan fingerprint density at radius 2 is 1.90 bits per heavy atom. The zero-order chi connectivity index (χ0) is 15.0. The van der Waals surface area contributed by atoms with E-state index in [9.17, 15) is 0 Å². The molecule has 0 aliphatic heterocycles. The van der Waals surface area contributed by atoms with Gasteiger partial charge in [-0.15, -0.1) is 0 Å². The summed E-state index contributed by atoms with van der Waals surface area (Å²) in [5, 5.41) is 3.44. The molecule has 114 valence electrons. The predicted octanol–water partition coefficient (Wildman–Crippen LogP) is 3.31. The van der Waals surface area contributed by atoms with Gasteiger partial charge in [-0.1, -0.05) is 33.8 Å². The number of nitrogens with zero attached hydrogens (tertiary/aromatic N) is 2. The van der Waals surface area contributed by atoms with Gasteiger partial charge >= 0.3 is 0 Å². The van der Waals surface area contributed by atoms with Crippen molar-refractivity contribution < 1.29 is 0 Å². The molecule has 0 fully saturated rings. The van der Waals surface area contributed by atoms with Crippen LogP contribution in [0.5, 0.6) is 0 Å². The molecule has 3 nitrogen and oxygen atoms in total. The molecule has 1 N–H and O–H groups in total. The molecule has 0 saturated carbocycles. The maximum Gasteiger partial charge on any atom is 0.0544 e. The first-order chi connectivity index (χ1) is 9.47. The van der Waals surface area contributed by atoms with Gasteiger partial charge in [-0.3, -0.25) is 4.98 Å². The smallest absolute Gasteiger partial charge is 0.0544 e. The van der Waals surface area contributed by atoms with Gasteiger partial charge in [0.15, 0.2) is 0 Å². The van der Waals surface area contributed by atoms with Gasteiger partial charge in [0.05, 0.1) is 5.69 Å². The molecular weight excluding hydrogens is 246 g/mol. The fourth-order valence-electron chi connectivity index (χ4n) is 1.99. The molecule has 0 unspecified atom stereocenters. The van der Waals surface area contributed by atoms with Crippen molar-refractivity contribution in [1.29, 1.82) is 0 Å². The van der Waals surface area contributed by atoms with Crippen molar-refractivity contribution in [3.63, 3.8) is 0 Å². The molecule has 0 aromatic carbocycles. The summed E-state index contributed by atoms with van der Waals surface area (Å²) < 4.78 is 0. The molecular formula is C17H31N3. The second-order valence-electron chi connectivity index (χ2n) is 6.60. The summed E-state index contributed by atoms with van der Waals surface area (Å²) in [5.74, 6) is 1.46. The summed E-state index contributed by atoms with van der Waals surface area (Å²) in [7, 11) is 2.17. The molecule has 1 heterocycles. The molecule has 0 bridgehead atoms. The number of nitrogens with one attached hydrogen (secondary N) is 1. The van der Waals surface area contributed by atoms with Crippen LogP contribution in [0, 0.1) is 11.8 Å². The Bertz CT molecular complexity index is 357. The van der Waals surface area contributed by atoms with Crippen LogP contribution in [0.25, 0.3) is 0 Å². The third-order valence-electron chi connectivity index (χ3n) is 3.29. The zero-order valence-electron chi connectivity index (χ0n) is 13.8. The largest absolute Gasteiger partial charge is 0.312 e. The van der Waals surface area contributed by atoms with Crippen molar-refractivity contribution in [2.24, 2.45) is 11.8 Å². The number of hydrogen-bond donors (Lipinski definition) is 1. The summed E-state index contributed by atoms with van der Waals surface area (Å²) in [6, 6.07) is 4.34. The van der Waals surface area contributed by atoms with E-state index >= 15 is 0 Å².